The number of thiophene rings is 1. The van der Waals surface area contributed by atoms with Crippen molar-refractivity contribution in [3.63, 3.8) is 0 Å². The van der Waals surface area contributed by atoms with Crippen LogP contribution >= 0.6 is 23.1 Å². The molecule has 0 aliphatic carbocycles. The van der Waals surface area contributed by atoms with E-state index in [0.29, 0.717) is 15.4 Å². The third-order valence-corrected chi connectivity index (χ3v) is 6.77. The van der Waals surface area contributed by atoms with Gasteiger partial charge in [0.15, 0.2) is 5.16 Å². The summed E-state index contributed by atoms with van der Waals surface area (Å²) in [5.74, 6) is -0.424. The zero-order chi connectivity index (χ0) is 22.0. The Hall–Kier alpha value is -2.98. The minimum Gasteiger partial charge on any atom is -0.319 e. The predicted molar refractivity (Wildman–Crippen MR) is 121 cm³/mol. The van der Waals surface area contributed by atoms with Crippen molar-refractivity contribution in [2.75, 3.05) is 5.32 Å². The molecule has 8 nitrogen and oxygen atoms in total. The monoisotopic (exact) mass is 444 g/mol. The van der Waals surface area contributed by atoms with Gasteiger partial charge < -0.3 is 5.32 Å². The predicted octanol–water partition coefficient (Wildman–Crippen LogP) is 4.29. The molecule has 0 aliphatic rings. The number of thioether (sulfide) groups is 1. The highest BCUT2D eigenvalue weighted by molar-refractivity contribution is 8.00. The number of anilines is 1. The van der Waals surface area contributed by atoms with Crippen molar-refractivity contribution in [3.05, 3.63) is 67.8 Å². The average molecular weight is 445 g/mol. The molecule has 0 spiro atoms. The minimum absolute atomic E-state index is 0.122. The summed E-state index contributed by atoms with van der Waals surface area (Å²) in [6.07, 6.45) is 1.60. The molecule has 156 valence electrons. The largest absolute Gasteiger partial charge is 0.319 e. The Morgan fingerprint density at radius 2 is 2.13 bits per heavy atom. The van der Waals surface area contributed by atoms with Gasteiger partial charge in [-0.3, -0.25) is 24.3 Å². The molecular formula is C20H20N4O4S2. The summed E-state index contributed by atoms with van der Waals surface area (Å²) in [5, 5.41) is 14.1. The number of nitrogens with zero attached hydrogens (tertiary/aromatic N) is 3. The highest BCUT2D eigenvalue weighted by Crippen LogP contribution is 2.30. The number of hydrogen-bond donors (Lipinski definition) is 1. The van der Waals surface area contributed by atoms with E-state index in [2.05, 4.69) is 16.9 Å². The molecule has 0 radical (unpaired) electrons. The van der Waals surface area contributed by atoms with E-state index in [1.807, 2.05) is 13.8 Å². The first-order valence-corrected chi connectivity index (χ1v) is 10.8. The number of carbonyl (C=O) groups excluding carboxylic acids is 1. The molecule has 1 N–H and O–H groups in total. The van der Waals surface area contributed by atoms with Crippen molar-refractivity contribution < 1.29 is 9.72 Å². The zero-order valence-corrected chi connectivity index (χ0v) is 18.3. The van der Waals surface area contributed by atoms with Gasteiger partial charge in [-0.2, -0.15) is 0 Å². The van der Waals surface area contributed by atoms with Crippen LogP contribution < -0.4 is 10.9 Å². The lowest BCUT2D eigenvalue weighted by molar-refractivity contribution is -0.383. The summed E-state index contributed by atoms with van der Waals surface area (Å²) in [5.41, 5.74) is 0.673. The lowest BCUT2D eigenvalue weighted by Crippen LogP contribution is -2.27. The molecule has 2 aromatic heterocycles. The number of nitro groups is 1. The topological polar surface area (TPSA) is 107 Å². The number of hydrogen-bond acceptors (Lipinski definition) is 7. The first-order chi connectivity index (χ1) is 14.2. The van der Waals surface area contributed by atoms with Gasteiger partial charge in [-0.05, 0) is 32.4 Å². The Bertz CT molecular complexity index is 1220. The zero-order valence-electron chi connectivity index (χ0n) is 16.7. The number of nitrogens with one attached hydrogen (secondary N) is 1. The Morgan fingerprint density at radius 3 is 2.80 bits per heavy atom. The molecule has 1 aromatic carbocycles. The standard InChI is InChI=1S/C20H20N4O4S2/c1-5-10-23-19(26)16-11(2)12(3)29-18(16)22-20(23)30-13(4)17(25)21-14-8-6-7-9-15(14)24(27)28/h5-9,13H,1,10H2,2-4H3,(H,21,25). The van der Waals surface area contributed by atoms with E-state index in [-0.39, 0.29) is 23.5 Å². The SMILES string of the molecule is C=CCn1c(SC(C)C(=O)Nc2ccccc2[N+](=O)[O-])nc2sc(C)c(C)c2c1=O. The Balaban J connectivity index is 1.92. The molecule has 0 fully saturated rings. The fourth-order valence-corrected chi connectivity index (χ4v) is 4.86. The first kappa shape index (κ1) is 21.7. The maximum atomic E-state index is 13.0. The Morgan fingerprint density at radius 1 is 1.43 bits per heavy atom. The molecule has 1 unspecified atom stereocenters. The molecule has 0 aliphatic heterocycles. The van der Waals surface area contributed by atoms with Gasteiger partial charge in [0, 0.05) is 17.5 Å². The summed E-state index contributed by atoms with van der Waals surface area (Å²) in [6, 6.07) is 5.94. The van der Waals surface area contributed by atoms with Crippen LogP contribution in [0.4, 0.5) is 11.4 Å². The summed E-state index contributed by atoms with van der Waals surface area (Å²) in [7, 11) is 0. The van der Waals surface area contributed by atoms with E-state index in [1.54, 1.807) is 19.1 Å². The summed E-state index contributed by atoms with van der Waals surface area (Å²) in [4.78, 5) is 42.6. The van der Waals surface area contributed by atoms with E-state index in [0.717, 1.165) is 22.2 Å². The minimum atomic E-state index is -0.646. The Kier molecular flexibility index (Phi) is 6.37. The molecule has 2 heterocycles. The Labute approximate surface area is 180 Å². The molecule has 3 aromatic rings. The number of benzene rings is 1. The van der Waals surface area contributed by atoms with Crippen LogP contribution in [0.3, 0.4) is 0 Å². The van der Waals surface area contributed by atoms with Gasteiger partial charge in [0.25, 0.3) is 11.2 Å². The normalized spacial score (nSPS) is 12.0. The summed E-state index contributed by atoms with van der Waals surface area (Å²) >= 11 is 2.56. The molecule has 3 rings (SSSR count). The molecule has 1 atom stereocenters. The lowest BCUT2D eigenvalue weighted by atomic mass is 10.2. The van der Waals surface area contributed by atoms with E-state index < -0.39 is 16.1 Å². The van der Waals surface area contributed by atoms with Crippen LogP contribution in [0, 0.1) is 24.0 Å². The van der Waals surface area contributed by atoms with Crippen LogP contribution in [0.2, 0.25) is 0 Å². The van der Waals surface area contributed by atoms with Gasteiger partial charge in [0.1, 0.15) is 10.5 Å². The van der Waals surface area contributed by atoms with Crippen LogP contribution in [0.15, 0.2) is 46.9 Å². The van der Waals surface area contributed by atoms with E-state index >= 15 is 0 Å². The smallest absolute Gasteiger partial charge is 0.292 e. The van der Waals surface area contributed by atoms with Crippen molar-refractivity contribution >= 4 is 50.6 Å². The number of aromatic nitrogens is 2. The van der Waals surface area contributed by atoms with Crippen LogP contribution in [-0.4, -0.2) is 25.6 Å². The highest BCUT2D eigenvalue weighted by atomic mass is 32.2. The number of aryl methyl sites for hydroxylation is 2. The number of allylic oxidation sites excluding steroid dienone is 1. The van der Waals surface area contributed by atoms with Crippen molar-refractivity contribution in [2.24, 2.45) is 0 Å². The first-order valence-electron chi connectivity index (χ1n) is 9.07. The van der Waals surface area contributed by atoms with Crippen LogP contribution in [-0.2, 0) is 11.3 Å². The molecule has 0 saturated carbocycles. The van der Waals surface area contributed by atoms with Gasteiger partial charge in [-0.15, -0.1) is 17.9 Å². The van der Waals surface area contributed by atoms with Crippen LogP contribution in [0.1, 0.15) is 17.4 Å². The van der Waals surface area contributed by atoms with Crippen molar-refractivity contribution in [2.45, 2.75) is 37.7 Å². The van der Waals surface area contributed by atoms with Gasteiger partial charge in [-0.1, -0.05) is 30.0 Å². The van der Waals surface area contributed by atoms with Crippen molar-refractivity contribution in [3.8, 4) is 0 Å². The quantitative estimate of drug-likeness (QED) is 0.192. The van der Waals surface area contributed by atoms with Gasteiger partial charge >= 0.3 is 0 Å². The maximum Gasteiger partial charge on any atom is 0.292 e. The second-order valence-corrected chi connectivity index (χ2v) is 9.10. The number of para-hydroxylation sites is 2. The molecule has 30 heavy (non-hydrogen) atoms. The molecule has 0 saturated heterocycles. The fourth-order valence-electron chi connectivity index (χ4n) is 2.87. The van der Waals surface area contributed by atoms with Gasteiger partial charge in [-0.25, -0.2) is 4.98 Å². The number of nitro benzene ring substituents is 1. The number of amides is 1. The van der Waals surface area contributed by atoms with Crippen molar-refractivity contribution in [1.29, 1.82) is 0 Å². The lowest BCUT2D eigenvalue weighted by Gasteiger charge is -2.15. The second kappa shape index (κ2) is 8.80. The highest BCUT2D eigenvalue weighted by Gasteiger charge is 2.23. The summed E-state index contributed by atoms with van der Waals surface area (Å²) < 4.78 is 1.49. The molecule has 10 heteroatoms. The fraction of sp³-hybridized carbons (Fsp3) is 0.250. The van der Waals surface area contributed by atoms with E-state index in [4.69, 9.17) is 0 Å². The molecule has 0 bridgehead atoms. The van der Waals surface area contributed by atoms with Gasteiger partial charge in [0.05, 0.1) is 15.6 Å². The number of fused-ring (bicyclic) bond motifs is 1. The van der Waals surface area contributed by atoms with E-state index in [9.17, 15) is 19.7 Å². The average Bonchev–Trinajstić information content (AvgIpc) is 2.98. The van der Waals surface area contributed by atoms with Crippen molar-refractivity contribution in [1.82, 2.24) is 9.55 Å². The third kappa shape index (κ3) is 4.14. The summed E-state index contributed by atoms with van der Waals surface area (Å²) in [6.45, 7) is 9.46. The molecule has 1 amide bonds. The molecular weight excluding hydrogens is 424 g/mol. The van der Waals surface area contributed by atoms with Crippen LogP contribution in [0.25, 0.3) is 10.2 Å². The van der Waals surface area contributed by atoms with Gasteiger partial charge in [0.2, 0.25) is 5.91 Å². The second-order valence-electron chi connectivity index (χ2n) is 6.59. The van der Waals surface area contributed by atoms with Crippen LogP contribution in [0.5, 0.6) is 0 Å². The maximum absolute atomic E-state index is 13.0. The number of carbonyl (C=O) groups is 1. The van der Waals surface area contributed by atoms with E-state index in [1.165, 1.54) is 34.1 Å². The third-order valence-electron chi connectivity index (χ3n) is 4.58. The number of rotatable bonds is 7.